The zero-order valence-electron chi connectivity index (χ0n) is 14.1. The van der Waals surface area contributed by atoms with Crippen LogP contribution in [-0.2, 0) is 11.2 Å². The van der Waals surface area contributed by atoms with Crippen LogP contribution in [0.2, 0.25) is 0 Å². The highest BCUT2D eigenvalue weighted by Gasteiger charge is 2.18. The Bertz CT molecular complexity index is 407. The summed E-state index contributed by atoms with van der Waals surface area (Å²) in [4.78, 5) is 11.6. The Labute approximate surface area is 129 Å². The van der Waals surface area contributed by atoms with Gasteiger partial charge in [-0.15, -0.1) is 0 Å². The molecule has 0 fully saturated rings. The monoisotopic (exact) mass is 294 g/mol. The number of aromatic nitrogens is 2. The Morgan fingerprint density at radius 2 is 1.95 bits per heavy atom. The Hall–Kier alpha value is -1.36. The smallest absolute Gasteiger partial charge is 0.134 e. The SMILES string of the molecule is CCCc1nc(NC)cc(N(CCOC)C(CC)CC)n1. The number of nitrogens with zero attached hydrogens (tertiary/aromatic N) is 3. The number of methoxy groups -OCH3 is 1. The van der Waals surface area contributed by atoms with E-state index in [1.807, 2.05) is 13.1 Å². The second-order valence-electron chi connectivity index (χ2n) is 5.18. The summed E-state index contributed by atoms with van der Waals surface area (Å²) < 4.78 is 5.27. The number of anilines is 2. The molecule has 1 N–H and O–H groups in total. The third-order valence-electron chi connectivity index (χ3n) is 3.70. The Kier molecular flexibility index (Phi) is 8.05. The van der Waals surface area contributed by atoms with Gasteiger partial charge in [0.1, 0.15) is 17.5 Å². The van der Waals surface area contributed by atoms with Crippen LogP contribution in [-0.4, -0.2) is 43.3 Å². The average molecular weight is 294 g/mol. The summed E-state index contributed by atoms with van der Waals surface area (Å²) in [5.74, 6) is 2.80. The minimum Gasteiger partial charge on any atom is -0.383 e. The fraction of sp³-hybridized carbons (Fsp3) is 0.750. The van der Waals surface area contributed by atoms with Crippen LogP contribution in [0.5, 0.6) is 0 Å². The van der Waals surface area contributed by atoms with Gasteiger partial charge in [-0.25, -0.2) is 9.97 Å². The van der Waals surface area contributed by atoms with Crippen molar-refractivity contribution in [3.05, 3.63) is 11.9 Å². The normalized spacial score (nSPS) is 11.0. The largest absolute Gasteiger partial charge is 0.383 e. The highest BCUT2D eigenvalue weighted by Crippen LogP contribution is 2.21. The van der Waals surface area contributed by atoms with E-state index in [9.17, 15) is 0 Å². The zero-order chi connectivity index (χ0) is 15.7. The Balaban J connectivity index is 3.11. The molecule has 0 aliphatic heterocycles. The fourth-order valence-electron chi connectivity index (χ4n) is 2.50. The first-order valence-corrected chi connectivity index (χ1v) is 8.01. The van der Waals surface area contributed by atoms with Crippen molar-refractivity contribution in [2.24, 2.45) is 0 Å². The Morgan fingerprint density at radius 1 is 1.24 bits per heavy atom. The summed E-state index contributed by atoms with van der Waals surface area (Å²) in [6.07, 6.45) is 4.16. The third-order valence-corrected chi connectivity index (χ3v) is 3.70. The summed E-state index contributed by atoms with van der Waals surface area (Å²) >= 11 is 0. The van der Waals surface area contributed by atoms with Crippen molar-refractivity contribution in [2.75, 3.05) is 37.5 Å². The molecule has 21 heavy (non-hydrogen) atoms. The Morgan fingerprint density at radius 3 is 2.48 bits per heavy atom. The molecule has 1 aromatic rings. The summed E-state index contributed by atoms with van der Waals surface area (Å²) in [6.45, 7) is 8.16. The molecule has 0 atom stereocenters. The second-order valence-corrected chi connectivity index (χ2v) is 5.18. The molecular formula is C16H30N4O. The lowest BCUT2D eigenvalue weighted by atomic mass is 10.1. The molecule has 1 aromatic heterocycles. The molecule has 120 valence electrons. The van der Waals surface area contributed by atoms with Crippen molar-refractivity contribution < 1.29 is 4.74 Å². The maximum absolute atomic E-state index is 5.27. The van der Waals surface area contributed by atoms with Crippen molar-refractivity contribution in [1.29, 1.82) is 0 Å². The molecule has 0 amide bonds. The van der Waals surface area contributed by atoms with Crippen LogP contribution in [0.4, 0.5) is 11.6 Å². The first-order chi connectivity index (χ1) is 10.2. The van der Waals surface area contributed by atoms with Gasteiger partial charge in [0.25, 0.3) is 0 Å². The summed E-state index contributed by atoms with van der Waals surface area (Å²) in [5, 5.41) is 3.14. The van der Waals surface area contributed by atoms with Gasteiger partial charge in [-0.3, -0.25) is 0 Å². The fourth-order valence-corrected chi connectivity index (χ4v) is 2.50. The predicted octanol–water partition coefficient (Wildman–Crippen LogP) is 3.11. The van der Waals surface area contributed by atoms with Gasteiger partial charge in [0.15, 0.2) is 0 Å². The van der Waals surface area contributed by atoms with Crippen molar-refractivity contribution in [2.45, 2.75) is 52.5 Å². The molecule has 5 heteroatoms. The van der Waals surface area contributed by atoms with Crippen LogP contribution < -0.4 is 10.2 Å². The minimum atomic E-state index is 0.481. The molecule has 0 spiro atoms. The van der Waals surface area contributed by atoms with E-state index in [-0.39, 0.29) is 0 Å². The van der Waals surface area contributed by atoms with Crippen LogP contribution in [0.15, 0.2) is 6.07 Å². The topological polar surface area (TPSA) is 50.3 Å². The van der Waals surface area contributed by atoms with Gasteiger partial charge in [0.2, 0.25) is 0 Å². The van der Waals surface area contributed by atoms with Crippen molar-refractivity contribution in [1.82, 2.24) is 9.97 Å². The van der Waals surface area contributed by atoms with Crippen LogP contribution in [0.3, 0.4) is 0 Å². The van der Waals surface area contributed by atoms with E-state index < -0.39 is 0 Å². The maximum atomic E-state index is 5.27. The molecule has 0 aliphatic carbocycles. The van der Waals surface area contributed by atoms with Gasteiger partial charge in [0.05, 0.1) is 6.61 Å². The maximum Gasteiger partial charge on any atom is 0.134 e. The molecule has 0 aromatic carbocycles. The van der Waals surface area contributed by atoms with Gasteiger partial charge >= 0.3 is 0 Å². The molecule has 1 heterocycles. The van der Waals surface area contributed by atoms with E-state index >= 15 is 0 Å². The molecule has 0 aliphatic rings. The molecule has 1 rings (SSSR count). The van der Waals surface area contributed by atoms with Crippen molar-refractivity contribution >= 4 is 11.6 Å². The first kappa shape index (κ1) is 17.7. The number of hydrogen-bond acceptors (Lipinski definition) is 5. The van der Waals surface area contributed by atoms with Crippen LogP contribution >= 0.6 is 0 Å². The second kappa shape index (κ2) is 9.55. The van der Waals surface area contributed by atoms with E-state index in [1.165, 1.54) is 0 Å². The third kappa shape index (κ3) is 5.16. The molecule has 0 saturated heterocycles. The van der Waals surface area contributed by atoms with Crippen molar-refractivity contribution in [3.8, 4) is 0 Å². The van der Waals surface area contributed by atoms with Gasteiger partial charge in [-0.1, -0.05) is 20.8 Å². The lowest BCUT2D eigenvalue weighted by molar-refractivity contribution is 0.202. The van der Waals surface area contributed by atoms with E-state index in [4.69, 9.17) is 9.72 Å². The average Bonchev–Trinajstić information content (AvgIpc) is 2.51. The highest BCUT2D eigenvalue weighted by molar-refractivity contribution is 5.50. The van der Waals surface area contributed by atoms with Crippen LogP contribution in [0.25, 0.3) is 0 Å². The number of nitrogens with one attached hydrogen (secondary N) is 1. The number of ether oxygens (including phenoxy) is 1. The minimum absolute atomic E-state index is 0.481. The lowest BCUT2D eigenvalue weighted by Gasteiger charge is -2.32. The van der Waals surface area contributed by atoms with Crippen LogP contribution in [0.1, 0.15) is 45.9 Å². The molecule has 0 saturated carbocycles. The molecule has 0 bridgehead atoms. The van der Waals surface area contributed by atoms with E-state index in [0.29, 0.717) is 12.6 Å². The number of aryl methyl sites for hydroxylation is 1. The van der Waals surface area contributed by atoms with Gasteiger partial charge in [-0.05, 0) is 19.3 Å². The molecule has 5 nitrogen and oxygen atoms in total. The molecule has 0 radical (unpaired) electrons. The van der Waals surface area contributed by atoms with Gasteiger partial charge < -0.3 is 15.0 Å². The van der Waals surface area contributed by atoms with E-state index in [0.717, 1.165) is 49.7 Å². The number of rotatable bonds is 10. The summed E-state index contributed by atoms with van der Waals surface area (Å²) in [6, 6.07) is 2.52. The predicted molar refractivity (Wildman–Crippen MR) is 89.2 cm³/mol. The summed E-state index contributed by atoms with van der Waals surface area (Å²) in [7, 11) is 3.64. The van der Waals surface area contributed by atoms with E-state index in [2.05, 4.69) is 36.0 Å². The standard InChI is InChI=1S/C16H30N4O/c1-6-9-14-18-15(17-4)12-16(19-14)20(10-11-21-5)13(7-2)8-3/h12-13H,6-11H2,1-5H3,(H,17,18,19). The lowest BCUT2D eigenvalue weighted by Crippen LogP contribution is -2.38. The number of hydrogen-bond donors (Lipinski definition) is 1. The highest BCUT2D eigenvalue weighted by atomic mass is 16.5. The van der Waals surface area contributed by atoms with Crippen LogP contribution in [0, 0.1) is 0 Å². The van der Waals surface area contributed by atoms with Gasteiger partial charge in [-0.2, -0.15) is 0 Å². The van der Waals surface area contributed by atoms with E-state index in [1.54, 1.807) is 7.11 Å². The van der Waals surface area contributed by atoms with Gasteiger partial charge in [0, 0.05) is 39.2 Å². The molecular weight excluding hydrogens is 264 g/mol. The zero-order valence-corrected chi connectivity index (χ0v) is 14.1. The molecule has 0 unspecified atom stereocenters. The first-order valence-electron chi connectivity index (χ1n) is 8.01. The quantitative estimate of drug-likeness (QED) is 0.718. The van der Waals surface area contributed by atoms with Crippen molar-refractivity contribution in [3.63, 3.8) is 0 Å². The summed E-state index contributed by atoms with van der Waals surface area (Å²) in [5.41, 5.74) is 0.